The minimum absolute atomic E-state index is 0.314. The molecule has 0 radical (unpaired) electrons. The van der Waals surface area contributed by atoms with E-state index in [4.69, 9.17) is 28.9 Å². The van der Waals surface area contributed by atoms with E-state index in [9.17, 15) is 0 Å². The lowest BCUT2D eigenvalue weighted by atomic mass is 10.1. The van der Waals surface area contributed by atoms with Crippen LogP contribution in [0.2, 0.25) is 10.0 Å². The molecule has 1 fully saturated rings. The molecule has 3 heteroatoms. The van der Waals surface area contributed by atoms with Gasteiger partial charge in [0.2, 0.25) is 0 Å². The second-order valence-corrected chi connectivity index (χ2v) is 4.81. The predicted molar refractivity (Wildman–Crippen MR) is 66.3 cm³/mol. The van der Waals surface area contributed by atoms with Gasteiger partial charge in [0, 0.05) is 16.1 Å². The van der Waals surface area contributed by atoms with Crippen LogP contribution in [-0.4, -0.2) is 6.04 Å². The van der Waals surface area contributed by atoms with Crippen LogP contribution in [0.5, 0.6) is 0 Å². The molecule has 2 rings (SSSR count). The summed E-state index contributed by atoms with van der Waals surface area (Å²) < 4.78 is 0. The van der Waals surface area contributed by atoms with E-state index >= 15 is 0 Å². The molecule has 0 heterocycles. The molecular weight excluding hydrogens is 229 g/mol. The molecule has 80 valence electrons. The average molecular weight is 242 g/mol. The summed E-state index contributed by atoms with van der Waals surface area (Å²) in [6.07, 6.45) is 5.23. The largest absolute Gasteiger partial charge is 0.327 e. The van der Waals surface area contributed by atoms with Crippen LogP contribution in [0.25, 0.3) is 6.08 Å². The maximum absolute atomic E-state index is 6.08. The molecule has 1 unspecified atom stereocenters. The zero-order chi connectivity index (χ0) is 10.8. The van der Waals surface area contributed by atoms with E-state index in [1.54, 1.807) is 6.07 Å². The molecule has 1 aliphatic rings. The van der Waals surface area contributed by atoms with Gasteiger partial charge in [-0.05, 0) is 43.0 Å². The monoisotopic (exact) mass is 241 g/mol. The quantitative estimate of drug-likeness (QED) is 0.794. The Balaban J connectivity index is 2.26. The second kappa shape index (κ2) is 4.56. The Labute approximate surface area is 99.9 Å². The van der Waals surface area contributed by atoms with Crippen LogP contribution in [-0.2, 0) is 0 Å². The lowest BCUT2D eigenvalue weighted by molar-refractivity contribution is 0.711. The van der Waals surface area contributed by atoms with Crippen LogP contribution >= 0.6 is 23.2 Å². The van der Waals surface area contributed by atoms with Gasteiger partial charge in [-0.2, -0.15) is 0 Å². The Hall–Kier alpha value is -0.500. The van der Waals surface area contributed by atoms with E-state index in [-0.39, 0.29) is 0 Å². The standard InChI is InChI=1S/C12H13Cl2N/c13-10-2-4-12(14)9(7-10)5-8-1-3-11(15)6-8/h2,4-5,7,11H,1,3,6,15H2. The Morgan fingerprint density at radius 3 is 2.80 bits per heavy atom. The summed E-state index contributed by atoms with van der Waals surface area (Å²) in [5.41, 5.74) is 8.21. The van der Waals surface area contributed by atoms with Gasteiger partial charge < -0.3 is 5.73 Å². The molecule has 0 aliphatic heterocycles. The summed E-state index contributed by atoms with van der Waals surface area (Å²) >= 11 is 12.0. The first kappa shape index (κ1) is 11.0. The van der Waals surface area contributed by atoms with E-state index in [1.807, 2.05) is 12.1 Å². The van der Waals surface area contributed by atoms with Gasteiger partial charge >= 0.3 is 0 Å². The zero-order valence-electron chi connectivity index (χ0n) is 8.34. The SMILES string of the molecule is NC1CCC(=Cc2cc(Cl)ccc2Cl)C1. The summed E-state index contributed by atoms with van der Waals surface area (Å²) in [6.45, 7) is 0. The highest BCUT2D eigenvalue weighted by Gasteiger charge is 2.15. The minimum Gasteiger partial charge on any atom is -0.327 e. The third kappa shape index (κ3) is 2.75. The van der Waals surface area contributed by atoms with Crippen LogP contribution in [0.1, 0.15) is 24.8 Å². The Kier molecular flexibility index (Phi) is 3.35. The van der Waals surface area contributed by atoms with Crippen molar-refractivity contribution in [3.05, 3.63) is 39.4 Å². The lowest BCUT2D eigenvalue weighted by Gasteiger charge is -2.02. The van der Waals surface area contributed by atoms with Gasteiger partial charge in [-0.3, -0.25) is 0 Å². The van der Waals surface area contributed by atoms with E-state index in [1.165, 1.54) is 5.57 Å². The number of hydrogen-bond donors (Lipinski definition) is 1. The normalized spacial score (nSPS) is 23.7. The van der Waals surface area contributed by atoms with Crippen molar-refractivity contribution in [3.63, 3.8) is 0 Å². The fourth-order valence-corrected chi connectivity index (χ4v) is 2.24. The van der Waals surface area contributed by atoms with Crippen molar-refractivity contribution in [2.45, 2.75) is 25.3 Å². The first-order valence-electron chi connectivity index (χ1n) is 5.05. The number of halogens is 2. The van der Waals surface area contributed by atoms with Gasteiger partial charge in [0.1, 0.15) is 0 Å². The molecule has 0 aromatic heterocycles. The lowest BCUT2D eigenvalue weighted by Crippen LogP contribution is -2.13. The van der Waals surface area contributed by atoms with Gasteiger partial charge in [0.25, 0.3) is 0 Å². The molecule has 0 bridgehead atoms. The summed E-state index contributed by atoms with van der Waals surface area (Å²) in [7, 11) is 0. The summed E-state index contributed by atoms with van der Waals surface area (Å²) in [4.78, 5) is 0. The van der Waals surface area contributed by atoms with Crippen molar-refractivity contribution in [2.75, 3.05) is 0 Å². The maximum Gasteiger partial charge on any atom is 0.0479 e. The molecule has 15 heavy (non-hydrogen) atoms. The number of rotatable bonds is 1. The summed E-state index contributed by atoms with van der Waals surface area (Å²) in [5, 5.41) is 1.46. The van der Waals surface area contributed by atoms with Crippen molar-refractivity contribution in [1.82, 2.24) is 0 Å². The van der Waals surface area contributed by atoms with Crippen molar-refractivity contribution >= 4 is 29.3 Å². The van der Waals surface area contributed by atoms with Crippen LogP contribution < -0.4 is 5.73 Å². The average Bonchev–Trinajstić information content (AvgIpc) is 2.58. The first-order valence-corrected chi connectivity index (χ1v) is 5.81. The Morgan fingerprint density at radius 1 is 1.33 bits per heavy atom. The van der Waals surface area contributed by atoms with Gasteiger partial charge in [0.15, 0.2) is 0 Å². The highest BCUT2D eigenvalue weighted by molar-refractivity contribution is 6.34. The molecule has 1 atom stereocenters. The molecule has 1 saturated carbocycles. The molecule has 1 aromatic rings. The third-order valence-electron chi connectivity index (χ3n) is 2.68. The van der Waals surface area contributed by atoms with E-state index in [0.717, 1.165) is 29.8 Å². The molecular formula is C12H13Cl2N. The van der Waals surface area contributed by atoms with E-state index in [2.05, 4.69) is 6.08 Å². The van der Waals surface area contributed by atoms with Crippen molar-refractivity contribution in [1.29, 1.82) is 0 Å². The van der Waals surface area contributed by atoms with Gasteiger partial charge in [0.05, 0.1) is 0 Å². The predicted octanol–water partition coefficient (Wildman–Crippen LogP) is 3.89. The van der Waals surface area contributed by atoms with E-state index in [0.29, 0.717) is 11.1 Å². The van der Waals surface area contributed by atoms with Gasteiger partial charge in [-0.15, -0.1) is 0 Å². The van der Waals surface area contributed by atoms with Crippen molar-refractivity contribution in [3.8, 4) is 0 Å². The van der Waals surface area contributed by atoms with Crippen molar-refractivity contribution in [2.24, 2.45) is 5.73 Å². The topological polar surface area (TPSA) is 26.0 Å². The van der Waals surface area contributed by atoms with Crippen LogP contribution in [0.3, 0.4) is 0 Å². The zero-order valence-corrected chi connectivity index (χ0v) is 9.85. The number of benzene rings is 1. The number of hydrogen-bond acceptors (Lipinski definition) is 1. The summed E-state index contributed by atoms with van der Waals surface area (Å²) in [6, 6.07) is 5.83. The van der Waals surface area contributed by atoms with Crippen LogP contribution in [0.15, 0.2) is 23.8 Å². The smallest absolute Gasteiger partial charge is 0.0479 e. The van der Waals surface area contributed by atoms with Gasteiger partial charge in [-0.25, -0.2) is 0 Å². The van der Waals surface area contributed by atoms with Crippen LogP contribution in [0.4, 0.5) is 0 Å². The summed E-state index contributed by atoms with van der Waals surface area (Å²) in [5.74, 6) is 0. The highest BCUT2D eigenvalue weighted by Crippen LogP contribution is 2.29. The van der Waals surface area contributed by atoms with Crippen LogP contribution in [0, 0.1) is 0 Å². The number of nitrogens with two attached hydrogens (primary N) is 1. The molecule has 0 spiro atoms. The van der Waals surface area contributed by atoms with E-state index < -0.39 is 0 Å². The Morgan fingerprint density at radius 2 is 2.13 bits per heavy atom. The maximum atomic E-state index is 6.08. The second-order valence-electron chi connectivity index (χ2n) is 3.97. The van der Waals surface area contributed by atoms with Gasteiger partial charge in [-0.1, -0.05) is 34.9 Å². The Bertz CT molecular complexity index is 399. The molecule has 1 nitrogen and oxygen atoms in total. The fourth-order valence-electron chi connectivity index (χ4n) is 1.89. The molecule has 2 N–H and O–H groups in total. The highest BCUT2D eigenvalue weighted by atomic mass is 35.5. The van der Waals surface area contributed by atoms with Crippen molar-refractivity contribution < 1.29 is 0 Å². The fraction of sp³-hybridized carbons (Fsp3) is 0.333. The first-order chi connectivity index (χ1) is 7.15. The third-order valence-corrected chi connectivity index (χ3v) is 3.26. The minimum atomic E-state index is 0.314. The molecule has 1 aliphatic carbocycles. The molecule has 1 aromatic carbocycles. The molecule has 0 saturated heterocycles. The molecule has 0 amide bonds.